The molecule has 6 heteroatoms. The predicted molar refractivity (Wildman–Crippen MR) is 92.0 cm³/mol. The fraction of sp³-hybridized carbons (Fsp3) is 0.700. The van der Waals surface area contributed by atoms with Gasteiger partial charge in [0.05, 0.1) is 0 Å². The predicted octanol–water partition coefficient (Wildman–Crippen LogP) is 1.95. The second kappa shape index (κ2) is 4.60. The first kappa shape index (κ1) is 17.7. The number of rotatable bonds is 1. The van der Waals surface area contributed by atoms with Crippen LogP contribution in [0.15, 0.2) is 24.0 Å². The van der Waals surface area contributed by atoms with E-state index in [0.717, 1.165) is 0 Å². The zero-order valence-corrected chi connectivity index (χ0v) is 15.5. The van der Waals surface area contributed by atoms with Gasteiger partial charge < -0.3 is 20.1 Å². The highest BCUT2D eigenvalue weighted by Gasteiger charge is 2.86. The molecule has 1 aliphatic heterocycles. The maximum atomic E-state index is 13.3. The van der Waals surface area contributed by atoms with Crippen molar-refractivity contribution in [2.75, 3.05) is 0 Å². The van der Waals surface area contributed by atoms with Crippen LogP contribution in [0.4, 0.5) is 0 Å². The Labute approximate surface area is 152 Å². The molecule has 5 atom stereocenters. The van der Waals surface area contributed by atoms with Crippen molar-refractivity contribution in [1.82, 2.24) is 0 Å². The van der Waals surface area contributed by atoms with Crippen molar-refractivity contribution < 1.29 is 29.6 Å². The van der Waals surface area contributed by atoms with E-state index in [1.54, 1.807) is 6.92 Å². The monoisotopic (exact) mass is 362 g/mol. The Hall–Kier alpha value is -1.66. The van der Waals surface area contributed by atoms with Gasteiger partial charge in [-0.25, -0.2) is 0 Å². The summed E-state index contributed by atoms with van der Waals surface area (Å²) in [4.78, 5) is 26.5. The van der Waals surface area contributed by atoms with Gasteiger partial charge in [0.25, 0.3) is 0 Å². The molecule has 0 amide bonds. The van der Waals surface area contributed by atoms with Gasteiger partial charge in [-0.05, 0) is 31.1 Å². The molecule has 4 rings (SSSR count). The third kappa shape index (κ3) is 1.46. The van der Waals surface area contributed by atoms with Crippen LogP contribution in [-0.4, -0.2) is 44.4 Å². The summed E-state index contributed by atoms with van der Waals surface area (Å²) in [5.41, 5.74) is -6.84. The maximum absolute atomic E-state index is 13.3. The normalized spacial score (nSPS) is 49.3. The SMILES string of the molecule is C=C[C@@]1(C)CC[C@]2(O)[C@@]34CCCC(C)(C)C3=C(O)C(=O)[C@@]2(OC4=O)[C@H]1O. The van der Waals surface area contributed by atoms with Crippen molar-refractivity contribution in [3.8, 4) is 0 Å². The van der Waals surface area contributed by atoms with Crippen LogP contribution >= 0.6 is 0 Å². The number of esters is 1. The molecule has 1 spiro atoms. The Kier molecular flexibility index (Phi) is 3.14. The maximum Gasteiger partial charge on any atom is 0.320 e. The molecule has 0 unspecified atom stereocenters. The molecule has 0 radical (unpaired) electrons. The van der Waals surface area contributed by atoms with Crippen LogP contribution in [0.2, 0.25) is 0 Å². The fourth-order valence-corrected chi connectivity index (χ4v) is 6.16. The first-order valence-electron chi connectivity index (χ1n) is 9.21. The standard InChI is InChI=1S/C20H26O6/c1-5-17(4)9-10-19(25)18-8-6-7-16(2,3)12(18)11(21)13(22)20(19,14(17)23)26-15(18)24/h5,14,21,23,25H,1,6-10H2,2-4H3/t14-,17-,18-,19-,20+/m0/s1. The van der Waals surface area contributed by atoms with Crippen molar-refractivity contribution in [3.63, 3.8) is 0 Å². The van der Waals surface area contributed by atoms with E-state index in [9.17, 15) is 24.9 Å². The molecule has 2 saturated carbocycles. The largest absolute Gasteiger partial charge is 0.504 e. The Balaban J connectivity index is 2.09. The van der Waals surface area contributed by atoms with Gasteiger partial charge in [-0.3, -0.25) is 9.59 Å². The quantitative estimate of drug-likeness (QED) is 0.486. The smallest absolute Gasteiger partial charge is 0.320 e. The third-order valence-corrected chi connectivity index (χ3v) is 7.67. The summed E-state index contributed by atoms with van der Waals surface area (Å²) in [6, 6.07) is 0. The highest BCUT2D eigenvalue weighted by Crippen LogP contribution is 2.71. The van der Waals surface area contributed by atoms with E-state index in [0.29, 0.717) is 19.3 Å². The molecule has 0 aromatic heterocycles. The average Bonchev–Trinajstić information content (AvgIpc) is 2.72. The zero-order chi connectivity index (χ0) is 19.3. The third-order valence-electron chi connectivity index (χ3n) is 7.67. The van der Waals surface area contributed by atoms with Crippen LogP contribution in [0.25, 0.3) is 0 Å². The number of aliphatic hydroxyl groups is 3. The van der Waals surface area contributed by atoms with Gasteiger partial charge in [-0.2, -0.15) is 0 Å². The zero-order valence-electron chi connectivity index (χ0n) is 15.5. The molecule has 0 aromatic carbocycles. The average molecular weight is 362 g/mol. The molecule has 1 heterocycles. The number of carbonyl (C=O) groups is 2. The number of ether oxygens (including phenoxy) is 1. The lowest BCUT2D eigenvalue weighted by Crippen LogP contribution is -2.76. The van der Waals surface area contributed by atoms with E-state index in [1.165, 1.54) is 6.08 Å². The molecule has 2 bridgehead atoms. The summed E-state index contributed by atoms with van der Waals surface area (Å²) in [5.74, 6) is -2.14. The van der Waals surface area contributed by atoms with E-state index in [1.807, 2.05) is 13.8 Å². The minimum atomic E-state index is -2.19. The van der Waals surface area contributed by atoms with Crippen LogP contribution < -0.4 is 0 Å². The summed E-state index contributed by atoms with van der Waals surface area (Å²) in [5, 5.41) is 33.8. The van der Waals surface area contributed by atoms with Crippen molar-refractivity contribution in [3.05, 3.63) is 24.0 Å². The molecule has 142 valence electrons. The fourth-order valence-electron chi connectivity index (χ4n) is 6.16. The Morgan fingerprint density at radius 3 is 2.42 bits per heavy atom. The van der Waals surface area contributed by atoms with Gasteiger partial charge in [-0.1, -0.05) is 33.3 Å². The molecule has 4 aliphatic rings. The molecule has 26 heavy (non-hydrogen) atoms. The molecular weight excluding hydrogens is 336 g/mol. The molecule has 1 saturated heterocycles. The van der Waals surface area contributed by atoms with E-state index in [4.69, 9.17) is 4.74 Å². The van der Waals surface area contributed by atoms with Crippen molar-refractivity contribution in [2.24, 2.45) is 16.2 Å². The van der Waals surface area contributed by atoms with Gasteiger partial charge >= 0.3 is 5.97 Å². The second-order valence-corrected chi connectivity index (χ2v) is 9.29. The first-order chi connectivity index (χ1) is 11.9. The number of aliphatic hydroxyl groups excluding tert-OH is 2. The van der Waals surface area contributed by atoms with Crippen LogP contribution in [0.3, 0.4) is 0 Å². The van der Waals surface area contributed by atoms with Gasteiger partial charge in [0.2, 0.25) is 11.4 Å². The van der Waals surface area contributed by atoms with E-state index < -0.39 is 51.1 Å². The van der Waals surface area contributed by atoms with E-state index in [2.05, 4.69) is 6.58 Å². The van der Waals surface area contributed by atoms with Crippen LogP contribution in [0.1, 0.15) is 52.9 Å². The Morgan fingerprint density at radius 2 is 1.81 bits per heavy atom. The van der Waals surface area contributed by atoms with Crippen molar-refractivity contribution in [2.45, 2.75) is 70.2 Å². The number of Topliss-reactive ketones (excluding diaryl/α,β-unsaturated/α-hetero) is 1. The van der Waals surface area contributed by atoms with Gasteiger partial charge in [0.1, 0.15) is 17.1 Å². The lowest BCUT2D eigenvalue weighted by molar-refractivity contribution is -0.238. The van der Waals surface area contributed by atoms with Crippen LogP contribution in [-0.2, 0) is 14.3 Å². The van der Waals surface area contributed by atoms with E-state index in [-0.39, 0.29) is 18.4 Å². The number of hydrogen-bond donors (Lipinski definition) is 3. The summed E-state index contributed by atoms with van der Waals surface area (Å²) >= 11 is 0. The minimum Gasteiger partial charge on any atom is -0.504 e. The first-order valence-corrected chi connectivity index (χ1v) is 9.21. The summed E-state index contributed by atoms with van der Waals surface area (Å²) in [6.07, 6.45) is 2.13. The topological polar surface area (TPSA) is 104 Å². The second-order valence-electron chi connectivity index (χ2n) is 9.29. The number of carbonyl (C=O) groups excluding carboxylic acids is 2. The van der Waals surface area contributed by atoms with E-state index >= 15 is 0 Å². The van der Waals surface area contributed by atoms with Gasteiger partial charge in [0, 0.05) is 11.0 Å². The highest BCUT2D eigenvalue weighted by molar-refractivity contribution is 6.11. The molecule has 3 N–H and O–H groups in total. The van der Waals surface area contributed by atoms with Gasteiger partial charge in [-0.15, -0.1) is 6.58 Å². The molecule has 3 fully saturated rings. The molecule has 0 aromatic rings. The minimum absolute atomic E-state index is 0.108. The number of hydrogen-bond acceptors (Lipinski definition) is 6. The Bertz CT molecular complexity index is 781. The van der Waals surface area contributed by atoms with Crippen molar-refractivity contribution in [1.29, 1.82) is 0 Å². The highest BCUT2D eigenvalue weighted by atomic mass is 16.6. The molecule has 6 nitrogen and oxygen atoms in total. The summed E-state index contributed by atoms with van der Waals surface area (Å²) < 4.78 is 5.59. The molecule has 3 aliphatic carbocycles. The van der Waals surface area contributed by atoms with Crippen LogP contribution in [0.5, 0.6) is 0 Å². The summed E-state index contributed by atoms with van der Waals surface area (Å²) in [6.45, 7) is 9.18. The summed E-state index contributed by atoms with van der Waals surface area (Å²) in [7, 11) is 0. The lowest BCUT2D eigenvalue weighted by Gasteiger charge is -2.60. The Morgan fingerprint density at radius 1 is 1.15 bits per heavy atom. The molecular formula is C20H26O6. The number of ketones is 1. The van der Waals surface area contributed by atoms with Crippen LogP contribution in [0, 0.1) is 16.2 Å². The van der Waals surface area contributed by atoms with Gasteiger partial charge in [0.15, 0.2) is 5.76 Å². The lowest BCUT2D eigenvalue weighted by atomic mass is 9.43. The van der Waals surface area contributed by atoms with Crippen molar-refractivity contribution >= 4 is 11.8 Å².